The van der Waals surface area contributed by atoms with Crippen LogP contribution in [-0.4, -0.2) is 29.1 Å². The molecule has 0 N–H and O–H groups in total. The molecule has 2 rings (SSSR count). The summed E-state index contributed by atoms with van der Waals surface area (Å²) in [6.45, 7) is 0. The average molecular weight is 215 g/mol. The minimum atomic E-state index is 0.507. The summed E-state index contributed by atoms with van der Waals surface area (Å²) in [4.78, 5) is 6.17. The first-order chi connectivity index (χ1) is 7.75. The molecule has 1 aromatic heterocycles. The standard InChI is InChI=1S/C12H13N3O/c1-15(2)9-8-11-13-12(14-16-11)10-6-4-3-5-7-10/h3-9H,1-2H3/b9-8+. The molecule has 0 unspecified atom stereocenters. The first kappa shape index (κ1) is 10.4. The summed E-state index contributed by atoms with van der Waals surface area (Å²) in [6.07, 6.45) is 3.64. The third-order valence-corrected chi connectivity index (χ3v) is 1.99. The van der Waals surface area contributed by atoms with Crippen LogP contribution >= 0.6 is 0 Å². The van der Waals surface area contributed by atoms with Crippen molar-refractivity contribution in [1.82, 2.24) is 15.0 Å². The zero-order valence-electron chi connectivity index (χ0n) is 9.29. The van der Waals surface area contributed by atoms with Crippen molar-refractivity contribution in [1.29, 1.82) is 0 Å². The van der Waals surface area contributed by atoms with Gasteiger partial charge in [0.15, 0.2) is 0 Å². The molecule has 0 saturated heterocycles. The van der Waals surface area contributed by atoms with Crippen LogP contribution in [0.2, 0.25) is 0 Å². The highest BCUT2D eigenvalue weighted by molar-refractivity contribution is 5.55. The van der Waals surface area contributed by atoms with Crippen molar-refractivity contribution in [3.63, 3.8) is 0 Å². The van der Waals surface area contributed by atoms with Gasteiger partial charge in [-0.2, -0.15) is 4.98 Å². The number of hydrogen-bond donors (Lipinski definition) is 0. The number of nitrogens with zero attached hydrogens (tertiary/aromatic N) is 3. The van der Waals surface area contributed by atoms with Gasteiger partial charge in [-0.15, -0.1) is 0 Å². The summed E-state index contributed by atoms with van der Waals surface area (Å²) in [5.41, 5.74) is 0.954. The predicted molar refractivity (Wildman–Crippen MR) is 62.5 cm³/mol. The summed E-state index contributed by atoms with van der Waals surface area (Å²) in [7, 11) is 3.87. The van der Waals surface area contributed by atoms with E-state index in [9.17, 15) is 0 Å². The quantitative estimate of drug-likeness (QED) is 0.787. The molecular formula is C12H13N3O. The zero-order chi connectivity index (χ0) is 11.4. The predicted octanol–water partition coefficient (Wildman–Crippen LogP) is 2.27. The second-order valence-corrected chi connectivity index (χ2v) is 3.60. The van der Waals surface area contributed by atoms with Crippen LogP contribution in [0.1, 0.15) is 5.89 Å². The molecule has 82 valence electrons. The maximum absolute atomic E-state index is 5.09. The van der Waals surface area contributed by atoms with Gasteiger partial charge in [-0.1, -0.05) is 35.5 Å². The van der Waals surface area contributed by atoms with E-state index in [0.29, 0.717) is 11.7 Å². The zero-order valence-corrected chi connectivity index (χ0v) is 9.29. The molecule has 0 amide bonds. The highest BCUT2D eigenvalue weighted by Gasteiger charge is 2.04. The molecule has 0 aliphatic carbocycles. The lowest BCUT2D eigenvalue weighted by Crippen LogP contribution is -1.99. The fraction of sp³-hybridized carbons (Fsp3) is 0.167. The van der Waals surface area contributed by atoms with Crippen LogP contribution in [-0.2, 0) is 0 Å². The Morgan fingerprint density at radius 2 is 1.94 bits per heavy atom. The molecule has 0 saturated carbocycles. The van der Waals surface area contributed by atoms with E-state index in [0.717, 1.165) is 5.56 Å². The molecule has 1 aromatic carbocycles. The first-order valence-corrected chi connectivity index (χ1v) is 4.99. The number of rotatable bonds is 3. The van der Waals surface area contributed by atoms with Crippen molar-refractivity contribution >= 4 is 6.08 Å². The van der Waals surface area contributed by atoms with E-state index in [-0.39, 0.29) is 0 Å². The lowest BCUT2D eigenvalue weighted by Gasteiger charge is -2.00. The van der Waals surface area contributed by atoms with E-state index in [4.69, 9.17) is 4.52 Å². The van der Waals surface area contributed by atoms with Crippen molar-refractivity contribution in [3.8, 4) is 11.4 Å². The van der Waals surface area contributed by atoms with E-state index < -0.39 is 0 Å². The van der Waals surface area contributed by atoms with Crippen molar-refractivity contribution in [2.24, 2.45) is 0 Å². The first-order valence-electron chi connectivity index (χ1n) is 4.99. The molecule has 0 fully saturated rings. The Kier molecular flexibility index (Phi) is 3.00. The number of aromatic nitrogens is 2. The monoisotopic (exact) mass is 215 g/mol. The maximum Gasteiger partial charge on any atom is 0.252 e. The second-order valence-electron chi connectivity index (χ2n) is 3.60. The molecule has 16 heavy (non-hydrogen) atoms. The summed E-state index contributed by atoms with van der Waals surface area (Å²) >= 11 is 0. The summed E-state index contributed by atoms with van der Waals surface area (Å²) in [6, 6.07) is 9.74. The largest absolute Gasteiger partial charge is 0.383 e. The Morgan fingerprint density at radius 1 is 1.19 bits per heavy atom. The molecule has 2 aromatic rings. The van der Waals surface area contributed by atoms with E-state index in [1.807, 2.05) is 55.5 Å². The van der Waals surface area contributed by atoms with Gasteiger partial charge in [0, 0.05) is 31.9 Å². The molecule has 4 nitrogen and oxygen atoms in total. The minimum absolute atomic E-state index is 0.507. The molecule has 4 heteroatoms. The van der Waals surface area contributed by atoms with Crippen LogP contribution in [0, 0.1) is 0 Å². The van der Waals surface area contributed by atoms with E-state index in [1.165, 1.54) is 0 Å². The fourth-order valence-electron chi connectivity index (χ4n) is 1.22. The van der Waals surface area contributed by atoms with E-state index in [2.05, 4.69) is 10.1 Å². The fourth-order valence-corrected chi connectivity index (χ4v) is 1.22. The van der Waals surface area contributed by atoms with Gasteiger partial charge in [-0.25, -0.2) is 0 Å². The molecular weight excluding hydrogens is 202 g/mol. The third-order valence-electron chi connectivity index (χ3n) is 1.99. The smallest absolute Gasteiger partial charge is 0.252 e. The van der Waals surface area contributed by atoms with Gasteiger partial charge in [-0.05, 0) is 0 Å². The van der Waals surface area contributed by atoms with Gasteiger partial charge in [0.25, 0.3) is 5.89 Å². The summed E-state index contributed by atoms with van der Waals surface area (Å²) in [5, 5.41) is 3.91. The van der Waals surface area contributed by atoms with Crippen LogP contribution in [0.4, 0.5) is 0 Å². The van der Waals surface area contributed by atoms with Gasteiger partial charge in [0.1, 0.15) is 0 Å². The molecule has 0 radical (unpaired) electrons. The lowest BCUT2D eigenvalue weighted by molar-refractivity contribution is 0.410. The maximum atomic E-state index is 5.09. The van der Waals surface area contributed by atoms with Gasteiger partial charge < -0.3 is 9.42 Å². The average Bonchev–Trinajstić information content (AvgIpc) is 2.76. The van der Waals surface area contributed by atoms with Gasteiger partial charge in [0.05, 0.1) is 0 Å². The highest BCUT2D eigenvalue weighted by atomic mass is 16.5. The molecule has 0 atom stereocenters. The lowest BCUT2D eigenvalue weighted by atomic mass is 10.2. The SMILES string of the molecule is CN(C)/C=C/c1nc(-c2ccccc2)no1. The Morgan fingerprint density at radius 3 is 2.62 bits per heavy atom. The molecule has 0 aliphatic rings. The third kappa shape index (κ3) is 2.48. The van der Waals surface area contributed by atoms with Crippen molar-refractivity contribution in [3.05, 3.63) is 42.4 Å². The number of benzene rings is 1. The molecule has 0 bridgehead atoms. The van der Waals surface area contributed by atoms with Crippen LogP contribution in [0.5, 0.6) is 0 Å². The van der Waals surface area contributed by atoms with Gasteiger partial charge >= 0.3 is 0 Å². The Balaban J connectivity index is 2.20. The van der Waals surface area contributed by atoms with Crippen molar-refractivity contribution in [2.45, 2.75) is 0 Å². The Hall–Kier alpha value is -2.10. The second kappa shape index (κ2) is 4.61. The molecule has 0 aliphatic heterocycles. The van der Waals surface area contributed by atoms with Crippen LogP contribution in [0.15, 0.2) is 41.1 Å². The van der Waals surface area contributed by atoms with E-state index in [1.54, 1.807) is 6.08 Å². The molecule has 1 heterocycles. The molecule has 0 spiro atoms. The summed E-state index contributed by atoms with van der Waals surface area (Å²) in [5.74, 6) is 1.12. The Bertz CT molecular complexity index is 474. The topological polar surface area (TPSA) is 42.2 Å². The van der Waals surface area contributed by atoms with Crippen LogP contribution in [0.3, 0.4) is 0 Å². The van der Waals surface area contributed by atoms with Gasteiger partial charge in [-0.3, -0.25) is 0 Å². The van der Waals surface area contributed by atoms with Crippen molar-refractivity contribution < 1.29 is 4.52 Å². The van der Waals surface area contributed by atoms with Crippen LogP contribution in [0.25, 0.3) is 17.5 Å². The normalized spacial score (nSPS) is 10.9. The highest BCUT2D eigenvalue weighted by Crippen LogP contribution is 2.15. The number of hydrogen-bond acceptors (Lipinski definition) is 4. The van der Waals surface area contributed by atoms with Gasteiger partial charge in [0.2, 0.25) is 5.82 Å². The minimum Gasteiger partial charge on any atom is -0.383 e. The van der Waals surface area contributed by atoms with Crippen LogP contribution < -0.4 is 0 Å². The van der Waals surface area contributed by atoms with E-state index >= 15 is 0 Å². The Labute approximate surface area is 94.2 Å². The van der Waals surface area contributed by atoms with Crippen molar-refractivity contribution in [2.75, 3.05) is 14.1 Å². The summed E-state index contributed by atoms with van der Waals surface area (Å²) < 4.78 is 5.09.